The second kappa shape index (κ2) is 5.46. The molecule has 0 unspecified atom stereocenters. The molecule has 0 aliphatic heterocycles. The molecule has 2 aromatic rings. The smallest absolute Gasteiger partial charge is 0.261 e. The van der Waals surface area contributed by atoms with Crippen molar-refractivity contribution < 1.29 is 13.6 Å². The molecule has 20 heavy (non-hydrogen) atoms. The van der Waals surface area contributed by atoms with Gasteiger partial charge in [0, 0.05) is 12.1 Å². The van der Waals surface area contributed by atoms with Gasteiger partial charge in [-0.1, -0.05) is 17.7 Å². The lowest BCUT2D eigenvalue weighted by atomic mass is 10.1. The molecule has 104 valence electrons. The number of halogens is 3. The van der Waals surface area contributed by atoms with Crippen molar-refractivity contribution >= 4 is 28.9 Å². The van der Waals surface area contributed by atoms with Crippen molar-refractivity contribution in [3.05, 3.63) is 58.6 Å². The van der Waals surface area contributed by atoms with Crippen LogP contribution in [0, 0.1) is 11.6 Å². The average Bonchev–Trinajstić information content (AvgIpc) is 2.43. The van der Waals surface area contributed by atoms with E-state index in [4.69, 9.17) is 17.3 Å². The molecular formula is C14H11ClF2N2O. The Morgan fingerprint density at radius 2 is 1.95 bits per heavy atom. The number of nitrogens with two attached hydrogens (primary N) is 1. The minimum absolute atomic E-state index is 0.307. The molecule has 2 N–H and O–H groups in total. The molecular weight excluding hydrogens is 286 g/mol. The number of hydrogen-bond donors (Lipinski definition) is 1. The van der Waals surface area contributed by atoms with E-state index in [1.54, 1.807) is 6.07 Å². The molecule has 0 saturated heterocycles. The van der Waals surface area contributed by atoms with Gasteiger partial charge in [0.05, 0.1) is 16.9 Å². The van der Waals surface area contributed by atoms with Gasteiger partial charge in [-0.25, -0.2) is 8.78 Å². The number of nitrogen functional groups attached to an aromatic ring is 1. The zero-order valence-corrected chi connectivity index (χ0v) is 11.3. The van der Waals surface area contributed by atoms with Crippen LogP contribution in [0.2, 0.25) is 5.02 Å². The fraction of sp³-hybridized carbons (Fsp3) is 0.0714. The van der Waals surface area contributed by atoms with Crippen LogP contribution in [0.15, 0.2) is 36.4 Å². The number of amides is 1. The Balaban J connectivity index is 2.43. The van der Waals surface area contributed by atoms with Crippen LogP contribution >= 0.6 is 11.6 Å². The average molecular weight is 297 g/mol. The quantitative estimate of drug-likeness (QED) is 0.863. The Bertz CT molecular complexity index is 676. The Hall–Kier alpha value is -2.14. The molecule has 0 aromatic heterocycles. The van der Waals surface area contributed by atoms with Gasteiger partial charge in [-0.15, -0.1) is 0 Å². The largest absolute Gasteiger partial charge is 0.397 e. The molecule has 0 spiro atoms. The van der Waals surface area contributed by atoms with E-state index >= 15 is 0 Å². The fourth-order valence-corrected chi connectivity index (χ4v) is 1.93. The summed E-state index contributed by atoms with van der Waals surface area (Å²) in [6.07, 6.45) is 0. The van der Waals surface area contributed by atoms with Crippen molar-refractivity contribution in [2.75, 3.05) is 17.7 Å². The SMILES string of the molecule is CN(C(=O)c1cccc(F)c1F)c1cc(Cl)ccc1N. The van der Waals surface area contributed by atoms with Gasteiger partial charge in [-0.3, -0.25) is 4.79 Å². The Morgan fingerprint density at radius 3 is 2.65 bits per heavy atom. The van der Waals surface area contributed by atoms with E-state index in [0.717, 1.165) is 11.0 Å². The van der Waals surface area contributed by atoms with Gasteiger partial charge in [0.1, 0.15) is 0 Å². The Labute approximate surface area is 119 Å². The molecule has 0 aliphatic carbocycles. The summed E-state index contributed by atoms with van der Waals surface area (Å²) >= 11 is 5.84. The molecule has 0 saturated carbocycles. The van der Waals surface area contributed by atoms with Crippen LogP contribution in [0.5, 0.6) is 0 Å². The summed E-state index contributed by atoms with van der Waals surface area (Å²) in [6.45, 7) is 0. The number of benzene rings is 2. The first kappa shape index (κ1) is 14.3. The molecule has 0 radical (unpaired) electrons. The van der Waals surface area contributed by atoms with Gasteiger partial charge in [-0.2, -0.15) is 0 Å². The monoisotopic (exact) mass is 296 g/mol. The Morgan fingerprint density at radius 1 is 1.25 bits per heavy atom. The highest BCUT2D eigenvalue weighted by atomic mass is 35.5. The zero-order chi connectivity index (χ0) is 14.9. The lowest BCUT2D eigenvalue weighted by molar-refractivity contribution is 0.0988. The summed E-state index contributed by atoms with van der Waals surface area (Å²) in [6, 6.07) is 8.00. The van der Waals surface area contributed by atoms with E-state index in [2.05, 4.69) is 0 Å². The van der Waals surface area contributed by atoms with Gasteiger partial charge in [0.2, 0.25) is 0 Å². The second-order valence-corrected chi connectivity index (χ2v) is 4.61. The number of rotatable bonds is 2. The summed E-state index contributed by atoms with van der Waals surface area (Å²) in [5.74, 6) is -2.98. The highest BCUT2D eigenvalue weighted by molar-refractivity contribution is 6.31. The number of carbonyl (C=O) groups is 1. The van der Waals surface area contributed by atoms with Crippen LogP contribution in [-0.2, 0) is 0 Å². The van der Waals surface area contributed by atoms with Crippen LogP contribution in [0.25, 0.3) is 0 Å². The first-order valence-electron chi connectivity index (χ1n) is 5.69. The molecule has 0 heterocycles. The van der Waals surface area contributed by atoms with Gasteiger partial charge in [0.15, 0.2) is 11.6 Å². The molecule has 0 atom stereocenters. The predicted octanol–water partition coefficient (Wildman–Crippen LogP) is 3.48. The van der Waals surface area contributed by atoms with Crippen LogP contribution in [-0.4, -0.2) is 13.0 Å². The van der Waals surface area contributed by atoms with Crippen molar-refractivity contribution in [1.29, 1.82) is 0 Å². The standard InChI is InChI=1S/C14H11ClF2N2O/c1-19(12-7-8(15)5-6-11(12)18)14(20)9-3-2-4-10(16)13(9)17/h2-7H,18H2,1H3. The lowest BCUT2D eigenvalue weighted by Gasteiger charge is -2.19. The molecule has 0 aliphatic rings. The summed E-state index contributed by atoms with van der Waals surface area (Å²) in [7, 11) is 1.41. The van der Waals surface area contributed by atoms with Gasteiger partial charge in [-0.05, 0) is 30.3 Å². The second-order valence-electron chi connectivity index (χ2n) is 4.17. The van der Waals surface area contributed by atoms with Gasteiger partial charge in [0.25, 0.3) is 5.91 Å². The van der Waals surface area contributed by atoms with Crippen molar-refractivity contribution in [3.63, 3.8) is 0 Å². The van der Waals surface area contributed by atoms with Crippen LogP contribution in [0.4, 0.5) is 20.2 Å². The van der Waals surface area contributed by atoms with E-state index in [0.29, 0.717) is 16.4 Å². The predicted molar refractivity (Wildman–Crippen MR) is 75.0 cm³/mol. The highest BCUT2D eigenvalue weighted by Crippen LogP contribution is 2.27. The number of hydrogen-bond acceptors (Lipinski definition) is 2. The van der Waals surface area contributed by atoms with Crippen LogP contribution < -0.4 is 10.6 Å². The molecule has 0 fully saturated rings. The minimum atomic E-state index is -1.19. The van der Waals surface area contributed by atoms with E-state index in [9.17, 15) is 13.6 Å². The summed E-state index contributed by atoms with van der Waals surface area (Å²) in [4.78, 5) is 13.3. The molecule has 2 aromatic carbocycles. The molecule has 2 rings (SSSR count). The maximum Gasteiger partial charge on any atom is 0.261 e. The highest BCUT2D eigenvalue weighted by Gasteiger charge is 2.21. The number of carbonyl (C=O) groups excluding carboxylic acids is 1. The van der Waals surface area contributed by atoms with E-state index < -0.39 is 17.5 Å². The molecule has 6 heteroatoms. The van der Waals surface area contributed by atoms with E-state index in [-0.39, 0.29) is 5.56 Å². The van der Waals surface area contributed by atoms with Crippen LogP contribution in [0.1, 0.15) is 10.4 Å². The van der Waals surface area contributed by atoms with Gasteiger partial charge < -0.3 is 10.6 Å². The van der Waals surface area contributed by atoms with Crippen molar-refractivity contribution in [3.8, 4) is 0 Å². The molecule has 1 amide bonds. The summed E-state index contributed by atoms with van der Waals surface area (Å²) < 4.78 is 26.8. The first-order valence-corrected chi connectivity index (χ1v) is 6.06. The van der Waals surface area contributed by atoms with Crippen LogP contribution in [0.3, 0.4) is 0 Å². The van der Waals surface area contributed by atoms with Crippen molar-refractivity contribution in [2.24, 2.45) is 0 Å². The Kier molecular flexibility index (Phi) is 3.90. The van der Waals surface area contributed by atoms with Crippen molar-refractivity contribution in [2.45, 2.75) is 0 Å². The van der Waals surface area contributed by atoms with E-state index in [1.807, 2.05) is 0 Å². The number of anilines is 2. The zero-order valence-electron chi connectivity index (χ0n) is 10.5. The topological polar surface area (TPSA) is 46.3 Å². The maximum atomic E-state index is 13.6. The van der Waals surface area contributed by atoms with Crippen molar-refractivity contribution in [1.82, 2.24) is 0 Å². The maximum absolute atomic E-state index is 13.6. The van der Waals surface area contributed by atoms with E-state index in [1.165, 1.54) is 31.3 Å². The minimum Gasteiger partial charge on any atom is -0.397 e. The molecule has 0 bridgehead atoms. The lowest BCUT2D eigenvalue weighted by Crippen LogP contribution is -2.28. The fourth-order valence-electron chi connectivity index (χ4n) is 1.77. The normalized spacial score (nSPS) is 10.4. The third kappa shape index (κ3) is 2.58. The summed E-state index contributed by atoms with van der Waals surface area (Å²) in [5, 5.41) is 0.383. The molecule has 3 nitrogen and oxygen atoms in total. The third-order valence-electron chi connectivity index (χ3n) is 2.84. The number of nitrogens with zero attached hydrogens (tertiary/aromatic N) is 1. The van der Waals surface area contributed by atoms with Gasteiger partial charge >= 0.3 is 0 Å². The summed E-state index contributed by atoms with van der Waals surface area (Å²) in [5.41, 5.74) is 6.02. The third-order valence-corrected chi connectivity index (χ3v) is 3.08. The first-order chi connectivity index (χ1) is 9.41.